The van der Waals surface area contributed by atoms with Crippen LogP contribution in [0.25, 0.3) is 0 Å². The van der Waals surface area contributed by atoms with Crippen LogP contribution >= 0.6 is 0 Å². The van der Waals surface area contributed by atoms with Crippen LogP contribution in [-0.4, -0.2) is 50.4 Å². The smallest absolute Gasteiger partial charge is 0.0916 e. The first kappa shape index (κ1) is 23.9. The minimum Gasteiger partial charge on any atom is -0.748 e. The molecule has 1 aliphatic rings. The third-order valence-corrected chi connectivity index (χ3v) is 4.95. The standard InChI is InChI=1S/C18H38N.CH4O3S/c1-3-4-5-6-7-8-9-10-11-13-16-19(2)17-14-12-15-18-19;1-5(2,3)4/h3-18H2,1-2H3;1H3,(H,2,3,4)/q+1;/p-1. The summed E-state index contributed by atoms with van der Waals surface area (Å²) in [5, 5.41) is 0. The van der Waals surface area contributed by atoms with Gasteiger partial charge in [-0.25, -0.2) is 8.42 Å². The predicted molar refractivity (Wildman–Crippen MR) is 102 cm³/mol. The summed E-state index contributed by atoms with van der Waals surface area (Å²) in [5.74, 6) is 0. The molecular formula is C19H41NO3S. The van der Waals surface area contributed by atoms with Gasteiger partial charge in [0.15, 0.2) is 0 Å². The Bertz CT molecular complexity index is 368. The number of unbranched alkanes of at least 4 members (excludes halogenated alkanes) is 9. The SMILES string of the molecule is CCCCCCCCCCCC[N+]1(C)CCCCC1.CS(=O)(=O)[O-]. The molecule has 1 saturated heterocycles. The first-order valence-corrected chi connectivity index (χ1v) is 11.8. The van der Waals surface area contributed by atoms with Gasteiger partial charge in [-0.1, -0.05) is 58.3 Å². The first-order chi connectivity index (χ1) is 11.3. The summed E-state index contributed by atoms with van der Waals surface area (Å²) < 4.78 is 28.6. The van der Waals surface area contributed by atoms with Crippen LogP contribution in [0.5, 0.6) is 0 Å². The van der Waals surface area contributed by atoms with E-state index in [1.54, 1.807) is 0 Å². The van der Waals surface area contributed by atoms with E-state index in [-0.39, 0.29) is 0 Å². The highest BCUT2D eigenvalue weighted by molar-refractivity contribution is 7.84. The molecule has 1 aliphatic heterocycles. The van der Waals surface area contributed by atoms with Crippen LogP contribution in [0.15, 0.2) is 0 Å². The molecule has 0 aromatic carbocycles. The Morgan fingerprint density at radius 1 is 0.792 bits per heavy atom. The lowest BCUT2D eigenvalue weighted by Crippen LogP contribution is -2.48. The number of rotatable bonds is 11. The van der Waals surface area contributed by atoms with Gasteiger partial charge in [-0.15, -0.1) is 0 Å². The number of likely N-dealkylation sites (tertiary alicyclic amines) is 1. The molecule has 1 fully saturated rings. The highest BCUT2D eigenvalue weighted by Crippen LogP contribution is 2.18. The topological polar surface area (TPSA) is 57.2 Å². The Morgan fingerprint density at radius 2 is 1.17 bits per heavy atom. The molecule has 5 heteroatoms. The summed E-state index contributed by atoms with van der Waals surface area (Å²) in [6.45, 7) is 6.62. The van der Waals surface area contributed by atoms with E-state index >= 15 is 0 Å². The van der Waals surface area contributed by atoms with E-state index in [1.807, 2.05) is 0 Å². The third kappa shape index (κ3) is 18.2. The third-order valence-electron chi connectivity index (χ3n) is 4.95. The Morgan fingerprint density at radius 3 is 1.58 bits per heavy atom. The lowest BCUT2D eigenvalue weighted by molar-refractivity contribution is -0.914. The van der Waals surface area contributed by atoms with Crippen LogP contribution in [0.2, 0.25) is 0 Å². The van der Waals surface area contributed by atoms with E-state index in [4.69, 9.17) is 13.0 Å². The average Bonchev–Trinajstić information content (AvgIpc) is 2.48. The van der Waals surface area contributed by atoms with Crippen LogP contribution in [0.1, 0.15) is 90.4 Å². The summed E-state index contributed by atoms with van der Waals surface area (Å²) in [7, 11) is -1.44. The molecule has 0 bridgehead atoms. The fraction of sp³-hybridized carbons (Fsp3) is 1.00. The summed E-state index contributed by atoms with van der Waals surface area (Å²) in [5.41, 5.74) is 0. The van der Waals surface area contributed by atoms with E-state index in [1.165, 1.54) is 108 Å². The van der Waals surface area contributed by atoms with E-state index in [2.05, 4.69) is 14.0 Å². The van der Waals surface area contributed by atoms with Gasteiger partial charge < -0.3 is 9.04 Å². The fourth-order valence-corrected chi connectivity index (χ4v) is 3.48. The molecule has 4 nitrogen and oxygen atoms in total. The molecule has 0 N–H and O–H groups in total. The zero-order valence-corrected chi connectivity index (χ0v) is 17.2. The van der Waals surface area contributed by atoms with E-state index in [9.17, 15) is 0 Å². The molecule has 0 unspecified atom stereocenters. The largest absolute Gasteiger partial charge is 0.748 e. The quantitative estimate of drug-likeness (QED) is 0.304. The van der Waals surface area contributed by atoms with Crippen molar-refractivity contribution in [1.82, 2.24) is 0 Å². The van der Waals surface area contributed by atoms with Crippen molar-refractivity contribution < 1.29 is 17.5 Å². The second-order valence-electron chi connectivity index (χ2n) is 7.74. The summed E-state index contributed by atoms with van der Waals surface area (Å²) in [6, 6.07) is 0. The molecule has 0 atom stereocenters. The van der Waals surface area contributed by atoms with Crippen molar-refractivity contribution in [3.8, 4) is 0 Å². The molecule has 0 aromatic heterocycles. The van der Waals surface area contributed by atoms with Gasteiger partial charge in [-0.3, -0.25) is 0 Å². The monoisotopic (exact) mass is 363 g/mol. The van der Waals surface area contributed by atoms with Crippen molar-refractivity contribution in [2.75, 3.05) is 32.9 Å². The second-order valence-corrected chi connectivity index (χ2v) is 9.15. The molecule has 1 heterocycles. The Hall–Kier alpha value is -0.130. The van der Waals surface area contributed by atoms with Crippen molar-refractivity contribution in [2.45, 2.75) is 90.4 Å². The Kier molecular flexibility index (Phi) is 14.0. The molecule has 0 spiro atoms. The molecule has 0 amide bonds. The van der Waals surface area contributed by atoms with Crippen LogP contribution < -0.4 is 0 Å². The van der Waals surface area contributed by atoms with Crippen LogP contribution in [0.4, 0.5) is 0 Å². The molecule has 0 radical (unpaired) electrons. The van der Waals surface area contributed by atoms with Crippen molar-refractivity contribution in [2.24, 2.45) is 0 Å². The lowest BCUT2D eigenvalue weighted by Gasteiger charge is -2.37. The molecule has 0 aromatic rings. The summed E-state index contributed by atoms with van der Waals surface area (Å²) >= 11 is 0. The van der Waals surface area contributed by atoms with E-state index in [0.29, 0.717) is 6.26 Å². The van der Waals surface area contributed by atoms with Crippen LogP contribution in [0.3, 0.4) is 0 Å². The van der Waals surface area contributed by atoms with Crippen LogP contribution in [-0.2, 0) is 10.1 Å². The number of quaternary nitrogens is 1. The maximum absolute atomic E-state index is 9.08. The molecule has 0 saturated carbocycles. The maximum Gasteiger partial charge on any atom is 0.0916 e. The maximum atomic E-state index is 9.08. The normalized spacial score (nSPS) is 17.2. The molecule has 1 rings (SSSR count). The van der Waals surface area contributed by atoms with Gasteiger partial charge in [0.25, 0.3) is 0 Å². The van der Waals surface area contributed by atoms with Gasteiger partial charge in [0.05, 0.1) is 36.8 Å². The van der Waals surface area contributed by atoms with Gasteiger partial charge in [-0.05, 0) is 32.1 Å². The molecular weight excluding hydrogens is 322 g/mol. The van der Waals surface area contributed by atoms with E-state index < -0.39 is 10.1 Å². The van der Waals surface area contributed by atoms with E-state index in [0.717, 1.165) is 0 Å². The van der Waals surface area contributed by atoms with Gasteiger partial charge in [0.1, 0.15) is 0 Å². The van der Waals surface area contributed by atoms with Gasteiger partial charge in [0.2, 0.25) is 0 Å². The average molecular weight is 364 g/mol. The number of hydrogen-bond donors (Lipinski definition) is 0. The molecule has 24 heavy (non-hydrogen) atoms. The first-order valence-electron chi connectivity index (χ1n) is 10.0. The molecule has 0 aliphatic carbocycles. The van der Waals surface area contributed by atoms with Gasteiger partial charge in [0, 0.05) is 6.26 Å². The minimum absolute atomic E-state index is 0.604. The number of nitrogens with zero attached hydrogens (tertiary/aromatic N) is 1. The van der Waals surface area contributed by atoms with Crippen molar-refractivity contribution >= 4 is 10.1 Å². The fourth-order valence-electron chi connectivity index (χ4n) is 3.48. The Labute approximate surface area is 151 Å². The highest BCUT2D eigenvalue weighted by Gasteiger charge is 2.23. The van der Waals surface area contributed by atoms with Crippen molar-refractivity contribution in [3.63, 3.8) is 0 Å². The summed E-state index contributed by atoms with van der Waals surface area (Å²) in [6.07, 6.45) is 19.6. The zero-order chi connectivity index (χ0) is 18.3. The minimum atomic E-state index is -3.92. The summed E-state index contributed by atoms with van der Waals surface area (Å²) in [4.78, 5) is 0. The van der Waals surface area contributed by atoms with Crippen LogP contribution in [0, 0.1) is 0 Å². The number of piperidine rings is 1. The van der Waals surface area contributed by atoms with Gasteiger partial charge >= 0.3 is 0 Å². The van der Waals surface area contributed by atoms with Crippen molar-refractivity contribution in [1.29, 1.82) is 0 Å². The second kappa shape index (κ2) is 14.1. The van der Waals surface area contributed by atoms with Crippen molar-refractivity contribution in [3.05, 3.63) is 0 Å². The van der Waals surface area contributed by atoms with Gasteiger partial charge in [-0.2, -0.15) is 0 Å². The highest BCUT2D eigenvalue weighted by atomic mass is 32.2. The number of hydrogen-bond acceptors (Lipinski definition) is 3. The lowest BCUT2D eigenvalue weighted by atomic mass is 10.0. The predicted octanol–water partition coefficient (Wildman–Crippen LogP) is 4.70. The zero-order valence-electron chi connectivity index (χ0n) is 16.4. The Balaban J connectivity index is 0.000000922. The molecule has 146 valence electrons.